The Labute approximate surface area is 204 Å². The maximum absolute atomic E-state index is 14.0. The van der Waals surface area contributed by atoms with E-state index >= 15 is 0 Å². The molecule has 0 saturated heterocycles. The van der Waals surface area contributed by atoms with Crippen LogP contribution in [0.2, 0.25) is 0 Å². The summed E-state index contributed by atoms with van der Waals surface area (Å²) in [6, 6.07) is 18.6. The summed E-state index contributed by atoms with van der Waals surface area (Å²) in [5.41, 5.74) is 1.95. The lowest BCUT2D eigenvalue weighted by atomic mass is 10.1. The van der Waals surface area contributed by atoms with E-state index in [2.05, 4.69) is 16.6 Å². The smallest absolute Gasteiger partial charge is 0.254 e. The van der Waals surface area contributed by atoms with Crippen molar-refractivity contribution >= 4 is 27.5 Å². The molecule has 0 aromatic heterocycles. The van der Waals surface area contributed by atoms with Gasteiger partial charge in [0, 0.05) is 43.4 Å². The van der Waals surface area contributed by atoms with Crippen LogP contribution in [0.3, 0.4) is 0 Å². The molecule has 0 heterocycles. The molecule has 0 bridgehead atoms. The van der Waals surface area contributed by atoms with Gasteiger partial charge in [0.05, 0.1) is 4.90 Å². The molecule has 0 aliphatic heterocycles. The van der Waals surface area contributed by atoms with E-state index in [0.717, 1.165) is 0 Å². The number of carbonyl (C=O) groups is 2. The zero-order chi connectivity index (χ0) is 25.4. The number of nitrogens with zero attached hydrogens (tertiary/aromatic N) is 1. The SMILES string of the molecule is C=CCN(Cc1ccccc1F)C(=O)c1ccc(CNS(=O)(=O)c2ccc(NC(C)=O)cc2)cc1. The van der Waals surface area contributed by atoms with Crippen LogP contribution in [0.4, 0.5) is 10.1 Å². The third kappa shape index (κ3) is 7.08. The lowest BCUT2D eigenvalue weighted by Crippen LogP contribution is -2.31. The Morgan fingerprint density at radius 3 is 2.26 bits per heavy atom. The first-order chi connectivity index (χ1) is 16.7. The van der Waals surface area contributed by atoms with Crippen molar-refractivity contribution < 1.29 is 22.4 Å². The predicted molar refractivity (Wildman–Crippen MR) is 133 cm³/mol. The zero-order valence-electron chi connectivity index (χ0n) is 19.2. The quantitative estimate of drug-likeness (QED) is 0.414. The summed E-state index contributed by atoms with van der Waals surface area (Å²) in [7, 11) is -3.77. The van der Waals surface area contributed by atoms with E-state index in [1.54, 1.807) is 48.5 Å². The van der Waals surface area contributed by atoms with E-state index in [4.69, 9.17) is 0 Å². The lowest BCUT2D eigenvalue weighted by molar-refractivity contribution is -0.114. The highest BCUT2D eigenvalue weighted by atomic mass is 32.2. The molecule has 9 heteroatoms. The minimum atomic E-state index is -3.77. The summed E-state index contributed by atoms with van der Waals surface area (Å²) in [5.74, 6) is -0.929. The van der Waals surface area contributed by atoms with Gasteiger partial charge in [-0.3, -0.25) is 9.59 Å². The van der Waals surface area contributed by atoms with Crippen molar-refractivity contribution in [3.05, 3.63) is 108 Å². The maximum atomic E-state index is 14.0. The van der Waals surface area contributed by atoms with Gasteiger partial charge in [0.1, 0.15) is 5.82 Å². The number of anilines is 1. The molecule has 2 amide bonds. The highest BCUT2D eigenvalue weighted by Gasteiger charge is 2.17. The largest absolute Gasteiger partial charge is 0.331 e. The van der Waals surface area contributed by atoms with Crippen molar-refractivity contribution in [3.8, 4) is 0 Å². The van der Waals surface area contributed by atoms with E-state index in [1.165, 1.54) is 42.2 Å². The number of sulfonamides is 1. The number of nitrogens with one attached hydrogen (secondary N) is 2. The van der Waals surface area contributed by atoms with Gasteiger partial charge >= 0.3 is 0 Å². The van der Waals surface area contributed by atoms with Crippen LogP contribution in [0.1, 0.15) is 28.4 Å². The average molecular weight is 496 g/mol. The van der Waals surface area contributed by atoms with Gasteiger partial charge in [-0.1, -0.05) is 36.4 Å². The monoisotopic (exact) mass is 495 g/mol. The lowest BCUT2D eigenvalue weighted by Gasteiger charge is -2.22. The molecule has 0 unspecified atom stereocenters. The summed E-state index contributed by atoms with van der Waals surface area (Å²) < 4.78 is 41.7. The van der Waals surface area contributed by atoms with Crippen LogP contribution in [0, 0.1) is 5.82 Å². The van der Waals surface area contributed by atoms with Crippen LogP contribution in [0.5, 0.6) is 0 Å². The van der Waals surface area contributed by atoms with Gasteiger partial charge in [0.25, 0.3) is 5.91 Å². The molecule has 3 aromatic rings. The Bertz CT molecular complexity index is 1310. The highest BCUT2D eigenvalue weighted by Crippen LogP contribution is 2.16. The van der Waals surface area contributed by atoms with Crippen molar-refractivity contribution in [2.24, 2.45) is 0 Å². The molecule has 2 N–H and O–H groups in total. The van der Waals surface area contributed by atoms with E-state index in [9.17, 15) is 22.4 Å². The van der Waals surface area contributed by atoms with Crippen LogP contribution in [-0.2, 0) is 27.9 Å². The molecular weight excluding hydrogens is 469 g/mol. The van der Waals surface area contributed by atoms with Gasteiger partial charge in [-0.05, 0) is 48.0 Å². The highest BCUT2D eigenvalue weighted by molar-refractivity contribution is 7.89. The predicted octanol–water partition coefficient (Wildman–Crippen LogP) is 4.09. The van der Waals surface area contributed by atoms with Gasteiger partial charge < -0.3 is 10.2 Å². The fourth-order valence-corrected chi connectivity index (χ4v) is 4.36. The molecule has 0 atom stereocenters. The van der Waals surface area contributed by atoms with E-state index in [0.29, 0.717) is 22.4 Å². The topological polar surface area (TPSA) is 95.6 Å². The molecule has 0 saturated carbocycles. The molecule has 0 aliphatic carbocycles. The van der Waals surface area contributed by atoms with Gasteiger partial charge in [-0.2, -0.15) is 0 Å². The molecule has 0 radical (unpaired) electrons. The van der Waals surface area contributed by atoms with Crippen LogP contribution in [0.25, 0.3) is 0 Å². The van der Waals surface area contributed by atoms with Crippen molar-refractivity contribution in [2.75, 3.05) is 11.9 Å². The Morgan fingerprint density at radius 2 is 1.66 bits per heavy atom. The second kappa shape index (κ2) is 11.5. The first-order valence-electron chi connectivity index (χ1n) is 10.8. The van der Waals surface area contributed by atoms with Crippen LogP contribution in [-0.4, -0.2) is 31.7 Å². The van der Waals surface area contributed by atoms with Crippen LogP contribution in [0.15, 0.2) is 90.3 Å². The molecule has 0 spiro atoms. The van der Waals surface area contributed by atoms with Crippen molar-refractivity contribution in [1.82, 2.24) is 9.62 Å². The second-order valence-electron chi connectivity index (χ2n) is 7.79. The fraction of sp³-hybridized carbons (Fsp3) is 0.154. The standard InChI is InChI=1S/C26H26FN3O4S/c1-3-16-30(18-22-6-4-5-7-25(22)27)26(32)21-10-8-20(9-11-21)17-28-35(33,34)24-14-12-23(13-15-24)29-19(2)31/h3-15,28H,1,16-18H2,2H3,(H,29,31). The zero-order valence-corrected chi connectivity index (χ0v) is 20.0. The third-order valence-electron chi connectivity index (χ3n) is 5.11. The Balaban J connectivity index is 1.65. The van der Waals surface area contributed by atoms with E-state index in [1.807, 2.05) is 0 Å². The fourth-order valence-electron chi connectivity index (χ4n) is 3.34. The molecule has 0 aliphatic rings. The number of benzene rings is 3. The van der Waals surface area contributed by atoms with E-state index in [-0.39, 0.29) is 42.2 Å². The molecule has 0 fully saturated rings. The first kappa shape index (κ1) is 25.8. The van der Waals surface area contributed by atoms with Gasteiger partial charge in [-0.25, -0.2) is 17.5 Å². The molecular formula is C26H26FN3O4S. The number of carbonyl (C=O) groups excluding carboxylic acids is 2. The second-order valence-corrected chi connectivity index (χ2v) is 9.56. The number of halogens is 1. The third-order valence-corrected chi connectivity index (χ3v) is 6.53. The summed E-state index contributed by atoms with van der Waals surface area (Å²) >= 11 is 0. The Kier molecular flexibility index (Phi) is 8.51. The Morgan fingerprint density at radius 1 is 1.00 bits per heavy atom. The number of rotatable bonds is 10. The van der Waals surface area contributed by atoms with Gasteiger partial charge in [0.2, 0.25) is 15.9 Å². The minimum Gasteiger partial charge on any atom is -0.331 e. The summed E-state index contributed by atoms with van der Waals surface area (Å²) in [6.45, 7) is 5.41. The van der Waals surface area contributed by atoms with E-state index < -0.39 is 10.0 Å². The molecule has 3 aromatic carbocycles. The Hall–Kier alpha value is -3.82. The molecule has 7 nitrogen and oxygen atoms in total. The summed E-state index contributed by atoms with van der Waals surface area (Å²) in [6.07, 6.45) is 1.57. The summed E-state index contributed by atoms with van der Waals surface area (Å²) in [4.78, 5) is 25.6. The van der Waals surface area contributed by atoms with Gasteiger partial charge in [0.15, 0.2) is 0 Å². The molecule has 182 valence electrons. The van der Waals surface area contributed by atoms with Crippen LogP contribution < -0.4 is 10.0 Å². The number of hydrogen-bond donors (Lipinski definition) is 2. The van der Waals surface area contributed by atoms with Crippen molar-refractivity contribution in [2.45, 2.75) is 24.9 Å². The average Bonchev–Trinajstić information content (AvgIpc) is 2.84. The first-order valence-corrected chi connectivity index (χ1v) is 12.3. The van der Waals surface area contributed by atoms with Gasteiger partial charge in [-0.15, -0.1) is 6.58 Å². The number of hydrogen-bond acceptors (Lipinski definition) is 4. The molecule has 35 heavy (non-hydrogen) atoms. The normalized spacial score (nSPS) is 11.0. The molecule has 3 rings (SSSR count). The van der Waals surface area contributed by atoms with Crippen LogP contribution >= 0.6 is 0 Å². The summed E-state index contributed by atoms with van der Waals surface area (Å²) in [5, 5.41) is 2.58. The van der Waals surface area contributed by atoms with Crippen molar-refractivity contribution in [1.29, 1.82) is 0 Å². The maximum Gasteiger partial charge on any atom is 0.254 e. The minimum absolute atomic E-state index is 0.0237. The van der Waals surface area contributed by atoms with Crippen molar-refractivity contribution in [3.63, 3.8) is 0 Å². The number of amides is 2.